The zero-order valence-corrected chi connectivity index (χ0v) is 21.1. The number of nitrogens with two attached hydrogens (primary N) is 2. The van der Waals surface area contributed by atoms with Gasteiger partial charge in [0.05, 0.1) is 18.3 Å². The predicted octanol–water partition coefficient (Wildman–Crippen LogP) is 0.725. The molecule has 0 radical (unpaired) electrons. The number of carbonyl (C=O) groups is 4. The van der Waals surface area contributed by atoms with Gasteiger partial charge in [-0.1, -0.05) is 0 Å². The highest BCUT2D eigenvalue weighted by Gasteiger charge is 2.24. The number of aliphatic imine (C=N–C) groups is 1. The van der Waals surface area contributed by atoms with Crippen molar-refractivity contribution in [2.24, 2.45) is 16.5 Å². The first-order valence-corrected chi connectivity index (χ1v) is 11.4. The van der Waals surface area contributed by atoms with Gasteiger partial charge in [-0.3, -0.25) is 14.4 Å². The molecule has 0 saturated heterocycles. The van der Waals surface area contributed by atoms with Crippen LogP contribution >= 0.6 is 0 Å². The lowest BCUT2D eigenvalue weighted by atomic mass is 10.0. The number of ether oxygens (including phenoxy) is 1. The first-order valence-electron chi connectivity index (χ1n) is 11.4. The molecule has 12 nitrogen and oxygen atoms in total. The number of hydrogen-bond acceptors (Lipinski definition) is 6. The number of nitrogens with one attached hydrogen (secondary N) is 3. The number of guanidine groups is 1. The van der Waals surface area contributed by atoms with Crippen LogP contribution in [0.2, 0.25) is 0 Å². The van der Waals surface area contributed by atoms with Crippen molar-refractivity contribution in [1.82, 2.24) is 16.0 Å². The van der Waals surface area contributed by atoms with Crippen LogP contribution in [0.3, 0.4) is 0 Å². The zero-order valence-electron chi connectivity index (χ0n) is 21.1. The average molecular weight is 513 g/mol. The van der Waals surface area contributed by atoms with Gasteiger partial charge in [-0.2, -0.15) is 0 Å². The largest absolute Gasteiger partial charge is 0.491 e. The molecule has 0 heterocycles. The van der Waals surface area contributed by atoms with E-state index in [0.717, 1.165) is 0 Å². The van der Waals surface area contributed by atoms with Crippen molar-refractivity contribution in [3.63, 3.8) is 0 Å². The second kappa shape index (κ2) is 12.9. The lowest BCUT2D eigenvalue weighted by Gasteiger charge is -2.18. The summed E-state index contributed by atoms with van der Waals surface area (Å²) in [7, 11) is 0. The van der Waals surface area contributed by atoms with Gasteiger partial charge in [0.25, 0.3) is 11.8 Å². The Morgan fingerprint density at radius 1 is 0.973 bits per heavy atom. The fourth-order valence-corrected chi connectivity index (χ4v) is 3.43. The summed E-state index contributed by atoms with van der Waals surface area (Å²) in [5.41, 5.74) is 12.9. The monoisotopic (exact) mass is 512 g/mol. The molecule has 1 atom stereocenters. The smallest absolute Gasteiger partial charge is 0.328 e. The van der Waals surface area contributed by atoms with Crippen LogP contribution in [0.25, 0.3) is 0 Å². The van der Waals surface area contributed by atoms with Gasteiger partial charge in [-0.15, -0.1) is 0 Å². The molecule has 2 aromatic rings. The molecule has 2 rings (SSSR count). The van der Waals surface area contributed by atoms with Crippen molar-refractivity contribution in [3.8, 4) is 5.75 Å². The number of benzene rings is 2. The summed E-state index contributed by atoms with van der Waals surface area (Å²) in [6.07, 6.45) is -0.0419. The molecule has 0 aliphatic carbocycles. The minimum absolute atomic E-state index is 0.0419. The molecule has 0 bridgehead atoms. The Morgan fingerprint density at radius 3 is 2.08 bits per heavy atom. The molecule has 0 aliphatic rings. The first-order chi connectivity index (χ1) is 17.4. The highest BCUT2D eigenvalue weighted by atomic mass is 16.5. The van der Waals surface area contributed by atoms with E-state index in [9.17, 15) is 24.3 Å². The van der Waals surface area contributed by atoms with Crippen LogP contribution in [0.1, 0.15) is 45.7 Å². The van der Waals surface area contributed by atoms with Crippen LogP contribution in [0, 0.1) is 13.8 Å². The number of carbonyl (C=O) groups excluding carboxylic acids is 3. The molecule has 0 aromatic heterocycles. The molecule has 0 spiro atoms. The van der Waals surface area contributed by atoms with Gasteiger partial charge in [0, 0.05) is 17.7 Å². The summed E-state index contributed by atoms with van der Waals surface area (Å²) >= 11 is 0. The molecule has 12 heteroatoms. The van der Waals surface area contributed by atoms with Crippen LogP contribution in [0.15, 0.2) is 41.4 Å². The van der Waals surface area contributed by atoms with E-state index in [1.54, 1.807) is 26.0 Å². The lowest BCUT2D eigenvalue weighted by molar-refractivity contribution is -0.139. The highest BCUT2D eigenvalue weighted by molar-refractivity contribution is 5.99. The topological polar surface area (TPSA) is 198 Å². The number of carboxylic acid groups (broad SMARTS) is 1. The van der Waals surface area contributed by atoms with E-state index in [1.807, 2.05) is 13.8 Å². The predicted molar refractivity (Wildman–Crippen MR) is 138 cm³/mol. The molecular weight excluding hydrogens is 480 g/mol. The van der Waals surface area contributed by atoms with Gasteiger partial charge in [-0.05, 0) is 75.2 Å². The molecule has 3 amide bonds. The molecule has 0 unspecified atom stereocenters. The second-order valence-corrected chi connectivity index (χ2v) is 8.53. The minimum atomic E-state index is -1.39. The number of aliphatic carboxylic acids is 1. The maximum atomic E-state index is 12.8. The van der Waals surface area contributed by atoms with E-state index in [2.05, 4.69) is 20.9 Å². The number of nitrogens with zero attached hydrogens (tertiary/aromatic N) is 1. The first kappa shape index (κ1) is 28.6. The summed E-state index contributed by atoms with van der Waals surface area (Å²) in [6.45, 7) is 6.44. The molecule has 198 valence electrons. The zero-order chi connectivity index (χ0) is 27.7. The van der Waals surface area contributed by atoms with E-state index in [4.69, 9.17) is 16.2 Å². The normalized spacial score (nSPS) is 11.3. The molecule has 0 aliphatic heterocycles. The van der Waals surface area contributed by atoms with Crippen molar-refractivity contribution in [2.75, 3.05) is 13.1 Å². The second-order valence-electron chi connectivity index (χ2n) is 8.53. The molecule has 0 saturated carbocycles. The van der Waals surface area contributed by atoms with Gasteiger partial charge in [0.2, 0.25) is 5.91 Å². The maximum absolute atomic E-state index is 12.8. The van der Waals surface area contributed by atoms with Gasteiger partial charge in [0.1, 0.15) is 11.8 Å². The van der Waals surface area contributed by atoms with E-state index < -0.39 is 36.3 Å². The Kier molecular flexibility index (Phi) is 9.99. The standard InChI is InChI=1S/C25H32N6O6/c1-13(2)37-18-9-14(3)21(15(4)10-18)23(34)31-19(24(35)36)11-28-20(32)12-29-22(33)16-5-7-17(8-6-16)30-25(26)27/h5-10,13,19H,11-12H2,1-4H3,(H,28,32)(H,29,33)(H,31,34)(H,35,36)(H4,26,27,30)/t19-/m0/s1. The highest BCUT2D eigenvalue weighted by Crippen LogP contribution is 2.23. The quantitative estimate of drug-likeness (QED) is 0.187. The Hall–Kier alpha value is -4.61. The molecule has 37 heavy (non-hydrogen) atoms. The van der Waals surface area contributed by atoms with E-state index in [1.165, 1.54) is 24.3 Å². The fourth-order valence-electron chi connectivity index (χ4n) is 3.43. The van der Waals surface area contributed by atoms with Gasteiger partial charge < -0.3 is 37.3 Å². The Bertz CT molecular complexity index is 1170. The third-order valence-corrected chi connectivity index (χ3v) is 5.01. The van der Waals surface area contributed by atoms with Crippen molar-refractivity contribution in [2.45, 2.75) is 39.8 Å². The molecule has 2 aromatic carbocycles. The van der Waals surface area contributed by atoms with Crippen molar-refractivity contribution >= 4 is 35.3 Å². The number of hydrogen-bond donors (Lipinski definition) is 6. The Morgan fingerprint density at radius 2 is 1.57 bits per heavy atom. The van der Waals surface area contributed by atoms with Crippen LogP contribution in [-0.2, 0) is 9.59 Å². The van der Waals surface area contributed by atoms with Crippen molar-refractivity contribution in [1.29, 1.82) is 0 Å². The maximum Gasteiger partial charge on any atom is 0.328 e. The summed E-state index contributed by atoms with van der Waals surface area (Å²) in [6, 6.07) is 8.05. The molecule has 8 N–H and O–H groups in total. The van der Waals surface area contributed by atoms with Gasteiger partial charge >= 0.3 is 5.97 Å². The summed E-state index contributed by atoms with van der Waals surface area (Å²) < 4.78 is 5.66. The number of carboxylic acids is 1. The van der Waals surface area contributed by atoms with E-state index in [0.29, 0.717) is 28.1 Å². The van der Waals surface area contributed by atoms with Crippen LogP contribution < -0.4 is 32.2 Å². The molecular formula is C25H32N6O6. The van der Waals surface area contributed by atoms with Crippen molar-refractivity contribution in [3.05, 3.63) is 58.7 Å². The van der Waals surface area contributed by atoms with E-state index in [-0.39, 0.29) is 24.2 Å². The summed E-state index contributed by atoms with van der Waals surface area (Å²) in [5.74, 6) is -2.59. The average Bonchev–Trinajstić information content (AvgIpc) is 2.79. The third kappa shape index (κ3) is 8.84. The van der Waals surface area contributed by atoms with Crippen LogP contribution in [-0.4, -0.2) is 60.0 Å². The Balaban J connectivity index is 1.93. The van der Waals surface area contributed by atoms with Crippen LogP contribution in [0.5, 0.6) is 5.75 Å². The lowest BCUT2D eigenvalue weighted by Crippen LogP contribution is -2.50. The third-order valence-electron chi connectivity index (χ3n) is 5.01. The van der Waals surface area contributed by atoms with Gasteiger partial charge in [-0.25, -0.2) is 9.79 Å². The summed E-state index contributed by atoms with van der Waals surface area (Å²) in [5, 5.41) is 16.8. The summed E-state index contributed by atoms with van der Waals surface area (Å²) in [4.78, 5) is 52.8. The number of rotatable bonds is 11. The fraction of sp³-hybridized carbons (Fsp3) is 0.320. The van der Waals surface area contributed by atoms with Gasteiger partial charge in [0.15, 0.2) is 5.96 Å². The Labute approximate surface area is 214 Å². The van der Waals surface area contributed by atoms with Crippen LogP contribution in [0.4, 0.5) is 5.69 Å². The minimum Gasteiger partial charge on any atom is -0.491 e. The van der Waals surface area contributed by atoms with E-state index >= 15 is 0 Å². The van der Waals surface area contributed by atoms with Crippen molar-refractivity contribution < 1.29 is 29.0 Å². The SMILES string of the molecule is Cc1cc(OC(C)C)cc(C)c1C(=O)N[C@@H](CNC(=O)CNC(=O)c1ccc(N=C(N)N)cc1)C(=O)O. The molecule has 0 fully saturated rings. The number of aryl methyl sites for hydroxylation is 2. The number of amides is 3.